The van der Waals surface area contributed by atoms with Crippen LogP contribution in [0.5, 0.6) is 0 Å². The highest BCUT2D eigenvalue weighted by Gasteiger charge is 2.18. The third-order valence-electron chi connectivity index (χ3n) is 3.01. The molecule has 1 aliphatic heterocycles. The molecule has 1 unspecified atom stereocenters. The minimum Gasteiger partial charge on any atom is -0.370 e. The van der Waals surface area contributed by atoms with Crippen LogP contribution in [-0.2, 0) is 0 Å². The van der Waals surface area contributed by atoms with Crippen LogP contribution >= 0.6 is 24.0 Å². The maximum Gasteiger partial charge on any atom is 0.188 e. The molecule has 3 N–H and O–H groups in total. The van der Waals surface area contributed by atoms with Crippen molar-refractivity contribution < 1.29 is 0 Å². The van der Waals surface area contributed by atoms with Gasteiger partial charge in [0.15, 0.2) is 5.96 Å². The molecule has 0 aromatic rings. The van der Waals surface area contributed by atoms with Crippen LogP contribution < -0.4 is 11.1 Å². The van der Waals surface area contributed by atoms with Gasteiger partial charge in [-0.2, -0.15) is 0 Å². The van der Waals surface area contributed by atoms with Crippen molar-refractivity contribution in [3.63, 3.8) is 0 Å². The van der Waals surface area contributed by atoms with Crippen molar-refractivity contribution in [2.24, 2.45) is 16.6 Å². The second-order valence-electron chi connectivity index (χ2n) is 4.93. The van der Waals surface area contributed by atoms with E-state index < -0.39 is 0 Å². The SMILES string of the molecule is CCN1CCCC(CN=C(N)NC(C)C)C1.I. The predicted molar refractivity (Wildman–Crippen MR) is 85.0 cm³/mol. The van der Waals surface area contributed by atoms with Gasteiger partial charge >= 0.3 is 0 Å². The monoisotopic (exact) mass is 354 g/mol. The highest BCUT2D eigenvalue weighted by Crippen LogP contribution is 2.16. The predicted octanol–water partition coefficient (Wildman–Crippen LogP) is 1.65. The summed E-state index contributed by atoms with van der Waals surface area (Å²) in [7, 11) is 0. The van der Waals surface area contributed by atoms with E-state index in [2.05, 4.69) is 36.0 Å². The van der Waals surface area contributed by atoms with Crippen molar-refractivity contribution in [1.29, 1.82) is 0 Å². The molecular weight excluding hydrogens is 327 g/mol. The summed E-state index contributed by atoms with van der Waals surface area (Å²) in [5, 5.41) is 3.12. The number of likely N-dealkylation sites (tertiary alicyclic amines) is 1. The third kappa shape index (κ3) is 7.08. The van der Waals surface area contributed by atoms with Crippen LogP contribution in [0.2, 0.25) is 0 Å². The van der Waals surface area contributed by atoms with Gasteiger partial charge in [0.2, 0.25) is 0 Å². The molecule has 0 saturated carbocycles. The Bertz CT molecular complexity index is 231. The Morgan fingerprint density at radius 2 is 2.24 bits per heavy atom. The largest absolute Gasteiger partial charge is 0.370 e. The molecular formula is C12H27IN4. The fraction of sp³-hybridized carbons (Fsp3) is 0.917. The number of guanidine groups is 1. The maximum absolute atomic E-state index is 5.78. The Hall–Kier alpha value is -0.0400. The molecule has 102 valence electrons. The van der Waals surface area contributed by atoms with Crippen LogP contribution in [0.1, 0.15) is 33.6 Å². The summed E-state index contributed by atoms with van der Waals surface area (Å²) in [6, 6.07) is 0.363. The molecule has 0 aliphatic carbocycles. The Balaban J connectivity index is 0.00000256. The zero-order valence-corrected chi connectivity index (χ0v) is 13.6. The van der Waals surface area contributed by atoms with Gasteiger partial charge in [-0.25, -0.2) is 0 Å². The molecule has 0 aromatic heterocycles. The van der Waals surface area contributed by atoms with Crippen molar-refractivity contribution >= 4 is 29.9 Å². The number of nitrogens with one attached hydrogen (secondary N) is 1. The second-order valence-corrected chi connectivity index (χ2v) is 4.93. The summed E-state index contributed by atoms with van der Waals surface area (Å²) in [5.41, 5.74) is 5.78. The molecule has 1 rings (SSSR count). The number of aliphatic imine (C=N–C) groups is 1. The third-order valence-corrected chi connectivity index (χ3v) is 3.01. The van der Waals surface area contributed by atoms with E-state index in [0.29, 0.717) is 17.9 Å². The Labute approximate surface area is 122 Å². The quantitative estimate of drug-likeness (QED) is 0.459. The minimum atomic E-state index is 0. The number of nitrogens with zero attached hydrogens (tertiary/aromatic N) is 2. The number of piperidine rings is 1. The lowest BCUT2D eigenvalue weighted by Crippen LogP contribution is -2.39. The lowest BCUT2D eigenvalue weighted by molar-refractivity contribution is 0.186. The number of hydrogen-bond acceptors (Lipinski definition) is 2. The molecule has 5 heteroatoms. The summed E-state index contributed by atoms with van der Waals surface area (Å²) in [6.45, 7) is 10.8. The Morgan fingerprint density at radius 3 is 2.82 bits per heavy atom. The van der Waals surface area contributed by atoms with Crippen LogP contribution in [0.3, 0.4) is 0 Å². The van der Waals surface area contributed by atoms with E-state index in [9.17, 15) is 0 Å². The number of hydrogen-bond donors (Lipinski definition) is 2. The summed E-state index contributed by atoms with van der Waals surface area (Å²) >= 11 is 0. The van der Waals surface area contributed by atoms with E-state index in [-0.39, 0.29) is 24.0 Å². The van der Waals surface area contributed by atoms with E-state index in [1.165, 1.54) is 25.9 Å². The normalized spacial score (nSPS) is 22.4. The smallest absolute Gasteiger partial charge is 0.188 e. The van der Waals surface area contributed by atoms with E-state index in [1.54, 1.807) is 0 Å². The summed E-state index contributed by atoms with van der Waals surface area (Å²) in [6.07, 6.45) is 2.58. The highest BCUT2D eigenvalue weighted by atomic mass is 127. The zero-order chi connectivity index (χ0) is 12.0. The summed E-state index contributed by atoms with van der Waals surface area (Å²) in [5.74, 6) is 1.27. The molecule has 0 radical (unpaired) electrons. The van der Waals surface area contributed by atoms with Crippen molar-refractivity contribution in [2.45, 2.75) is 39.7 Å². The summed E-state index contributed by atoms with van der Waals surface area (Å²) < 4.78 is 0. The molecule has 1 fully saturated rings. The van der Waals surface area contributed by atoms with Gasteiger partial charge in [0, 0.05) is 19.1 Å². The number of rotatable bonds is 4. The number of nitrogens with two attached hydrogens (primary N) is 1. The zero-order valence-electron chi connectivity index (χ0n) is 11.3. The van der Waals surface area contributed by atoms with E-state index in [1.807, 2.05) is 0 Å². The molecule has 1 saturated heterocycles. The number of halogens is 1. The van der Waals surface area contributed by atoms with Crippen LogP contribution in [0.4, 0.5) is 0 Å². The Morgan fingerprint density at radius 1 is 1.53 bits per heavy atom. The van der Waals surface area contributed by atoms with Crippen molar-refractivity contribution in [2.75, 3.05) is 26.2 Å². The van der Waals surface area contributed by atoms with E-state index >= 15 is 0 Å². The van der Waals surface area contributed by atoms with Gasteiger partial charge in [-0.3, -0.25) is 4.99 Å². The molecule has 0 aromatic carbocycles. The average molecular weight is 354 g/mol. The molecule has 0 bridgehead atoms. The molecule has 0 amide bonds. The van der Waals surface area contributed by atoms with Gasteiger partial charge in [0.05, 0.1) is 0 Å². The molecule has 4 nitrogen and oxygen atoms in total. The molecule has 17 heavy (non-hydrogen) atoms. The molecule has 0 spiro atoms. The van der Waals surface area contributed by atoms with Crippen LogP contribution in [0.25, 0.3) is 0 Å². The lowest BCUT2D eigenvalue weighted by Gasteiger charge is -2.30. The fourth-order valence-electron chi connectivity index (χ4n) is 2.16. The van der Waals surface area contributed by atoms with Crippen LogP contribution in [-0.4, -0.2) is 43.1 Å². The van der Waals surface area contributed by atoms with Crippen molar-refractivity contribution in [3.05, 3.63) is 0 Å². The van der Waals surface area contributed by atoms with Gasteiger partial charge < -0.3 is 16.0 Å². The fourth-order valence-corrected chi connectivity index (χ4v) is 2.16. The first-order valence-electron chi connectivity index (χ1n) is 6.40. The first kappa shape index (κ1) is 17.0. The molecule has 1 aliphatic rings. The topological polar surface area (TPSA) is 53.6 Å². The van der Waals surface area contributed by atoms with Crippen molar-refractivity contribution in [1.82, 2.24) is 10.2 Å². The lowest BCUT2D eigenvalue weighted by atomic mass is 9.98. The van der Waals surface area contributed by atoms with Gasteiger partial charge in [0.25, 0.3) is 0 Å². The van der Waals surface area contributed by atoms with Crippen LogP contribution in [0.15, 0.2) is 4.99 Å². The standard InChI is InChI=1S/C12H26N4.HI/c1-4-16-7-5-6-11(9-16)8-14-12(13)15-10(2)3;/h10-11H,4-9H2,1-3H3,(H3,13,14,15);1H. The van der Waals surface area contributed by atoms with E-state index in [0.717, 1.165) is 13.1 Å². The highest BCUT2D eigenvalue weighted by molar-refractivity contribution is 14.0. The van der Waals surface area contributed by atoms with Gasteiger partial charge in [-0.1, -0.05) is 6.92 Å². The first-order valence-corrected chi connectivity index (χ1v) is 6.40. The first-order chi connectivity index (χ1) is 7.61. The second kappa shape index (κ2) is 8.97. The molecule has 1 atom stereocenters. The molecule has 1 heterocycles. The minimum absolute atomic E-state index is 0. The van der Waals surface area contributed by atoms with Crippen molar-refractivity contribution in [3.8, 4) is 0 Å². The maximum atomic E-state index is 5.78. The Kier molecular flexibility index (Phi) is 8.94. The van der Waals surface area contributed by atoms with E-state index in [4.69, 9.17) is 5.73 Å². The average Bonchev–Trinajstić information content (AvgIpc) is 2.26. The summed E-state index contributed by atoms with van der Waals surface area (Å²) in [4.78, 5) is 6.91. The van der Waals surface area contributed by atoms with Gasteiger partial charge in [-0.05, 0) is 45.7 Å². The van der Waals surface area contributed by atoms with Crippen LogP contribution in [0, 0.1) is 5.92 Å². The van der Waals surface area contributed by atoms with Gasteiger partial charge in [0.1, 0.15) is 0 Å². The van der Waals surface area contributed by atoms with Gasteiger partial charge in [-0.15, -0.1) is 24.0 Å².